The number of nitrogens with one attached hydrogen (secondary N) is 1. The van der Waals surface area contributed by atoms with Crippen LogP contribution >= 0.6 is 0 Å². The fourth-order valence-electron chi connectivity index (χ4n) is 6.00. The van der Waals surface area contributed by atoms with Crippen LogP contribution < -0.4 is 21.7 Å². The number of rotatable bonds is 10. The zero-order chi connectivity index (χ0) is 27.7. The number of ether oxygens (including phenoxy) is 3. The van der Waals surface area contributed by atoms with E-state index in [9.17, 15) is 9.59 Å². The zero-order valence-electron chi connectivity index (χ0n) is 22.2. The van der Waals surface area contributed by atoms with E-state index in [1.54, 1.807) is 7.11 Å². The molecule has 0 amide bonds. The van der Waals surface area contributed by atoms with E-state index in [-0.39, 0.29) is 24.8 Å². The first-order valence-corrected chi connectivity index (χ1v) is 13.4. The molecule has 0 spiro atoms. The summed E-state index contributed by atoms with van der Waals surface area (Å²) in [5, 5.41) is 0. The summed E-state index contributed by atoms with van der Waals surface area (Å²) in [6.45, 7) is 1.41. The highest BCUT2D eigenvalue weighted by atomic mass is 16.6. The lowest BCUT2D eigenvalue weighted by atomic mass is 9.80. The lowest BCUT2D eigenvalue weighted by Gasteiger charge is -2.37. The third-order valence-corrected chi connectivity index (χ3v) is 7.85. The quantitative estimate of drug-likeness (QED) is 0.235. The van der Waals surface area contributed by atoms with Gasteiger partial charge >= 0.3 is 5.69 Å². The summed E-state index contributed by atoms with van der Waals surface area (Å²) in [5.74, 6) is 0.755. The van der Waals surface area contributed by atoms with E-state index >= 15 is 0 Å². The number of hydrogen-bond donors (Lipinski definition) is 2. The van der Waals surface area contributed by atoms with Crippen molar-refractivity contribution in [2.24, 2.45) is 5.73 Å². The number of methoxy groups -OCH3 is 1. The van der Waals surface area contributed by atoms with Gasteiger partial charge in [0.1, 0.15) is 17.5 Å². The number of nitrogens with zero attached hydrogens (tertiary/aromatic N) is 2. The molecule has 40 heavy (non-hydrogen) atoms. The fraction of sp³-hybridized carbons (Fsp3) is 0.290. The molecule has 1 unspecified atom stereocenters. The molecule has 0 bridgehead atoms. The Morgan fingerprint density at radius 3 is 2.08 bits per heavy atom. The highest BCUT2D eigenvalue weighted by Gasteiger charge is 2.63. The fourth-order valence-corrected chi connectivity index (χ4v) is 6.00. The van der Waals surface area contributed by atoms with Crippen molar-refractivity contribution in [3.63, 3.8) is 0 Å². The molecule has 2 fully saturated rings. The molecule has 0 aliphatic carbocycles. The van der Waals surface area contributed by atoms with Crippen LogP contribution in [0.5, 0.6) is 5.75 Å². The molecule has 4 aromatic rings. The normalized spacial score (nSPS) is 23.5. The van der Waals surface area contributed by atoms with Crippen LogP contribution in [0.3, 0.4) is 0 Å². The third kappa shape index (κ3) is 4.56. The molecule has 9 heteroatoms. The summed E-state index contributed by atoms with van der Waals surface area (Å²) in [4.78, 5) is 28.9. The van der Waals surface area contributed by atoms with E-state index in [2.05, 4.69) is 34.1 Å². The number of aromatic nitrogens is 2. The average Bonchev–Trinajstić information content (AvgIpc) is 3.56. The van der Waals surface area contributed by atoms with Gasteiger partial charge < -0.3 is 19.9 Å². The minimum Gasteiger partial charge on any atom is -0.497 e. The minimum atomic E-state index is -0.936. The third-order valence-electron chi connectivity index (χ3n) is 7.85. The van der Waals surface area contributed by atoms with E-state index < -0.39 is 23.1 Å². The summed E-state index contributed by atoms with van der Waals surface area (Å²) in [6, 6.07) is 29.5. The number of fused-ring (bicyclic) bond motifs is 1. The summed E-state index contributed by atoms with van der Waals surface area (Å²) in [7, 11) is 1.65. The molecule has 2 saturated heterocycles. The Morgan fingerprint density at radius 2 is 1.50 bits per heavy atom. The summed E-state index contributed by atoms with van der Waals surface area (Å²) in [6.07, 6.45) is 0.601. The van der Waals surface area contributed by atoms with Crippen LogP contribution in [0.4, 0.5) is 0 Å². The first kappa shape index (κ1) is 26.2. The molecular weight excluding hydrogens is 508 g/mol. The van der Waals surface area contributed by atoms with Gasteiger partial charge in [-0.05, 0) is 28.8 Å². The largest absolute Gasteiger partial charge is 0.497 e. The first-order valence-electron chi connectivity index (χ1n) is 13.4. The van der Waals surface area contributed by atoms with Gasteiger partial charge in [-0.25, -0.2) is 4.79 Å². The molecule has 2 aliphatic rings. The van der Waals surface area contributed by atoms with Crippen molar-refractivity contribution in [1.82, 2.24) is 14.5 Å². The van der Waals surface area contributed by atoms with Gasteiger partial charge in [-0.2, -0.15) is 0 Å². The van der Waals surface area contributed by atoms with Crippen molar-refractivity contribution in [1.29, 1.82) is 0 Å². The second-order valence-corrected chi connectivity index (χ2v) is 10.0. The van der Waals surface area contributed by atoms with Gasteiger partial charge in [0.05, 0.1) is 25.8 Å². The standard InChI is InChI=1S/C31H32N4O5/c1-38-24-14-12-23(13-15-24)31(21-8-4-2-5-9-21,22-10-6-3-7-11-22)39-20-25-27-28(34(27)19-17-32)29(40-25)35-18-16-26(36)33-30(35)37/h2-16,18,25,27-29H,17,19-20,32H2,1H3,(H,33,36,37)/t25-,27-,28-,29-,34?/m1/s1. The van der Waals surface area contributed by atoms with Gasteiger partial charge in [0.2, 0.25) is 0 Å². The summed E-state index contributed by atoms with van der Waals surface area (Å²) < 4.78 is 20.4. The maximum Gasteiger partial charge on any atom is 0.330 e. The van der Waals surface area contributed by atoms with Gasteiger partial charge in [0, 0.05) is 25.4 Å². The highest BCUT2D eigenvalue weighted by molar-refractivity contribution is 5.48. The van der Waals surface area contributed by atoms with Gasteiger partial charge in [-0.15, -0.1) is 0 Å². The van der Waals surface area contributed by atoms with Gasteiger partial charge in [0.25, 0.3) is 5.56 Å². The molecule has 6 rings (SSSR count). The molecular formula is C31H32N4O5. The molecule has 9 nitrogen and oxygen atoms in total. The number of morpholine rings is 1. The molecule has 1 aromatic heterocycles. The van der Waals surface area contributed by atoms with E-state index in [0.717, 1.165) is 22.4 Å². The van der Waals surface area contributed by atoms with Gasteiger partial charge in [-0.1, -0.05) is 72.8 Å². The minimum absolute atomic E-state index is 0.0347. The van der Waals surface area contributed by atoms with Gasteiger partial charge in [0.15, 0.2) is 6.23 Å². The number of benzene rings is 3. The van der Waals surface area contributed by atoms with Crippen molar-refractivity contribution >= 4 is 0 Å². The molecule has 2 aliphatic heterocycles. The van der Waals surface area contributed by atoms with Crippen LogP contribution in [0.25, 0.3) is 0 Å². The number of nitrogens with two attached hydrogens (primary N) is 1. The van der Waals surface area contributed by atoms with Crippen LogP contribution in [0.2, 0.25) is 0 Å². The Morgan fingerprint density at radius 1 is 0.875 bits per heavy atom. The molecule has 0 radical (unpaired) electrons. The summed E-state index contributed by atoms with van der Waals surface area (Å²) in [5.41, 5.74) is 6.92. The number of aromatic amines is 1. The zero-order valence-corrected chi connectivity index (χ0v) is 22.2. The first-order chi connectivity index (χ1) is 19.6. The topological polar surface area (TPSA) is 112 Å². The Balaban J connectivity index is 1.39. The smallest absolute Gasteiger partial charge is 0.330 e. The Labute approximate surface area is 231 Å². The SMILES string of the molecule is COc1ccc(C(OC[C@H]2O[C@@H](n3ccc(=O)[nH]c3=O)[C@H]3[C@@H]2N3CCN)(c2ccccc2)c2ccccc2)cc1. The number of H-pyrrole nitrogens is 1. The lowest BCUT2D eigenvalue weighted by molar-refractivity contribution is -0.102. The molecule has 206 valence electrons. The second-order valence-electron chi connectivity index (χ2n) is 10.0. The van der Waals surface area contributed by atoms with Gasteiger partial charge in [-0.3, -0.25) is 19.2 Å². The Bertz CT molecular complexity index is 1520. The predicted molar refractivity (Wildman–Crippen MR) is 150 cm³/mol. The van der Waals surface area contributed by atoms with Crippen LogP contribution in [0.15, 0.2) is 107 Å². The lowest BCUT2D eigenvalue weighted by Crippen LogP contribution is -2.40. The number of hydrogen-bond acceptors (Lipinski definition) is 7. The van der Waals surface area contributed by atoms with Crippen molar-refractivity contribution < 1.29 is 14.2 Å². The molecule has 3 heterocycles. The monoisotopic (exact) mass is 540 g/mol. The van der Waals surface area contributed by atoms with E-state index in [0.29, 0.717) is 13.1 Å². The van der Waals surface area contributed by atoms with Crippen LogP contribution in [-0.2, 0) is 15.1 Å². The van der Waals surface area contributed by atoms with Crippen molar-refractivity contribution in [2.45, 2.75) is 30.0 Å². The molecule has 3 aromatic carbocycles. The summed E-state index contributed by atoms with van der Waals surface area (Å²) >= 11 is 0. The second kappa shape index (κ2) is 10.9. The maximum absolute atomic E-state index is 12.6. The highest BCUT2D eigenvalue weighted by Crippen LogP contribution is 2.49. The molecule has 0 saturated carbocycles. The Kier molecular flexibility index (Phi) is 7.12. The van der Waals surface area contributed by atoms with Crippen LogP contribution in [0.1, 0.15) is 22.9 Å². The van der Waals surface area contributed by atoms with E-state index in [1.807, 2.05) is 60.7 Å². The average molecular weight is 541 g/mol. The van der Waals surface area contributed by atoms with Crippen LogP contribution in [0, 0.1) is 0 Å². The van der Waals surface area contributed by atoms with E-state index in [1.165, 1.54) is 16.8 Å². The van der Waals surface area contributed by atoms with Crippen LogP contribution in [-0.4, -0.2) is 59.4 Å². The molecule has 3 N–H and O–H groups in total. The van der Waals surface area contributed by atoms with Crippen molar-refractivity contribution in [2.75, 3.05) is 26.8 Å². The van der Waals surface area contributed by atoms with Crippen molar-refractivity contribution in [3.05, 3.63) is 135 Å². The predicted octanol–water partition coefficient (Wildman–Crippen LogP) is 2.46. The van der Waals surface area contributed by atoms with Crippen molar-refractivity contribution in [3.8, 4) is 5.75 Å². The molecule has 5 atom stereocenters. The van der Waals surface area contributed by atoms with E-state index in [4.69, 9.17) is 19.9 Å². The Hall–Kier alpha value is -4.02. The maximum atomic E-state index is 12.6.